The minimum absolute atomic E-state index is 0.0961. The van der Waals surface area contributed by atoms with Crippen LogP contribution in [0.3, 0.4) is 0 Å². The van der Waals surface area contributed by atoms with Gasteiger partial charge in [0.05, 0.1) is 5.92 Å². The molecular weight excluding hydrogens is 142 g/mol. The molecule has 1 amide bonds. The molecule has 1 fully saturated rings. The van der Waals surface area contributed by atoms with E-state index in [2.05, 4.69) is 5.32 Å². The summed E-state index contributed by atoms with van der Waals surface area (Å²) >= 11 is 0. The number of hydrogen-bond acceptors (Lipinski definition) is 3. The number of rotatable bonds is 1. The summed E-state index contributed by atoms with van der Waals surface area (Å²) in [5.41, 5.74) is 0. The highest BCUT2D eigenvalue weighted by atomic mass is 16.1. The van der Waals surface area contributed by atoms with E-state index >= 15 is 0 Å². The first-order chi connectivity index (χ1) is 5.24. The largest absolute Gasteiger partial charge is 0.359 e. The van der Waals surface area contributed by atoms with Crippen molar-refractivity contribution in [2.75, 3.05) is 20.1 Å². The average Bonchev–Trinajstić information content (AvgIpc) is 2.03. The number of carbonyl (C=O) groups excluding carboxylic acids is 1. The zero-order valence-corrected chi connectivity index (χ0v) is 6.84. The summed E-state index contributed by atoms with van der Waals surface area (Å²) in [6.45, 7) is 1.60. The molecule has 0 bridgehead atoms. The van der Waals surface area contributed by atoms with Crippen molar-refractivity contribution in [3.63, 3.8) is 0 Å². The van der Waals surface area contributed by atoms with E-state index in [1.807, 2.05) is 0 Å². The minimum Gasteiger partial charge on any atom is -0.359 e. The van der Waals surface area contributed by atoms with Crippen LogP contribution in [0.25, 0.3) is 0 Å². The molecule has 0 saturated carbocycles. The predicted molar refractivity (Wildman–Crippen MR) is 42.6 cm³/mol. The fourth-order valence-corrected chi connectivity index (χ4v) is 1.42. The monoisotopic (exact) mass is 157 g/mol. The van der Waals surface area contributed by atoms with Crippen LogP contribution in [0.4, 0.5) is 0 Å². The Labute approximate surface area is 66.7 Å². The lowest BCUT2D eigenvalue weighted by Gasteiger charge is -2.27. The Morgan fingerprint density at radius 2 is 2.45 bits per heavy atom. The standard InChI is InChI=1S/C7H15N3O/c1-9-7(11)6-3-2-4-10(8)5-6/h6H,2-5,8H2,1H3,(H,9,11). The highest BCUT2D eigenvalue weighted by Gasteiger charge is 2.22. The lowest BCUT2D eigenvalue weighted by atomic mass is 9.98. The predicted octanol–water partition coefficient (Wildman–Crippen LogP) is -0.682. The van der Waals surface area contributed by atoms with E-state index in [1.165, 1.54) is 0 Å². The number of piperidine rings is 1. The Kier molecular flexibility index (Phi) is 2.84. The maximum absolute atomic E-state index is 11.1. The molecule has 4 nitrogen and oxygen atoms in total. The van der Waals surface area contributed by atoms with Crippen LogP contribution in [0, 0.1) is 5.92 Å². The molecule has 0 aliphatic carbocycles. The van der Waals surface area contributed by atoms with E-state index < -0.39 is 0 Å². The second-order valence-corrected chi connectivity index (χ2v) is 2.95. The summed E-state index contributed by atoms with van der Waals surface area (Å²) in [4.78, 5) is 11.1. The van der Waals surface area contributed by atoms with Gasteiger partial charge in [0.1, 0.15) is 0 Å². The molecule has 0 spiro atoms. The Morgan fingerprint density at radius 3 is 3.00 bits per heavy atom. The molecule has 64 valence electrons. The number of carbonyl (C=O) groups is 1. The summed E-state index contributed by atoms with van der Waals surface area (Å²) < 4.78 is 0. The van der Waals surface area contributed by atoms with Crippen LogP contribution in [0.2, 0.25) is 0 Å². The van der Waals surface area contributed by atoms with Crippen LogP contribution in [0.15, 0.2) is 0 Å². The summed E-state index contributed by atoms with van der Waals surface area (Å²) in [5, 5.41) is 4.35. The number of nitrogens with two attached hydrogens (primary N) is 1. The molecule has 3 N–H and O–H groups in total. The lowest BCUT2D eigenvalue weighted by Crippen LogP contribution is -2.45. The minimum atomic E-state index is 0.0961. The third kappa shape index (κ3) is 2.17. The molecule has 4 heteroatoms. The third-order valence-electron chi connectivity index (χ3n) is 2.07. The van der Waals surface area contributed by atoms with Gasteiger partial charge in [0, 0.05) is 20.1 Å². The first-order valence-electron chi connectivity index (χ1n) is 3.95. The number of amides is 1. The van der Waals surface area contributed by atoms with Crippen LogP contribution in [0.5, 0.6) is 0 Å². The van der Waals surface area contributed by atoms with Crippen molar-refractivity contribution in [2.45, 2.75) is 12.8 Å². The van der Waals surface area contributed by atoms with E-state index in [4.69, 9.17) is 5.84 Å². The van der Waals surface area contributed by atoms with Crippen LogP contribution in [-0.2, 0) is 4.79 Å². The molecular formula is C7H15N3O. The molecule has 1 aliphatic heterocycles. The summed E-state index contributed by atoms with van der Waals surface area (Å²) in [6.07, 6.45) is 1.99. The van der Waals surface area contributed by atoms with Gasteiger partial charge in [-0.2, -0.15) is 0 Å². The van der Waals surface area contributed by atoms with Gasteiger partial charge in [-0.15, -0.1) is 0 Å². The second-order valence-electron chi connectivity index (χ2n) is 2.95. The van der Waals surface area contributed by atoms with E-state index in [-0.39, 0.29) is 11.8 Å². The molecule has 0 aromatic carbocycles. The number of nitrogens with zero attached hydrogens (tertiary/aromatic N) is 1. The fraction of sp³-hybridized carbons (Fsp3) is 0.857. The van der Waals surface area contributed by atoms with Crippen molar-refractivity contribution < 1.29 is 4.79 Å². The first-order valence-corrected chi connectivity index (χ1v) is 3.95. The molecule has 1 heterocycles. The summed E-state index contributed by atoms with van der Waals surface area (Å²) in [6, 6.07) is 0. The molecule has 1 saturated heterocycles. The Hall–Kier alpha value is -0.610. The molecule has 0 aromatic heterocycles. The van der Waals surface area contributed by atoms with Gasteiger partial charge in [0.15, 0.2) is 0 Å². The van der Waals surface area contributed by atoms with Crippen LogP contribution >= 0.6 is 0 Å². The van der Waals surface area contributed by atoms with Gasteiger partial charge >= 0.3 is 0 Å². The van der Waals surface area contributed by atoms with Gasteiger partial charge in [-0.3, -0.25) is 10.6 Å². The van der Waals surface area contributed by atoms with Gasteiger partial charge in [-0.05, 0) is 12.8 Å². The number of nitrogens with one attached hydrogen (secondary N) is 1. The fourth-order valence-electron chi connectivity index (χ4n) is 1.42. The van der Waals surface area contributed by atoms with E-state index in [0.29, 0.717) is 6.54 Å². The zero-order chi connectivity index (χ0) is 8.27. The zero-order valence-electron chi connectivity index (χ0n) is 6.84. The Bertz CT molecular complexity index is 149. The Balaban J connectivity index is 2.39. The normalized spacial score (nSPS) is 26.5. The second kappa shape index (κ2) is 3.69. The third-order valence-corrected chi connectivity index (χ3v) is 2.07. The van der Waals surface area contributed by atoms with Crippen LogP contribution in [-0.4, -0.2) is 31.1 Å². The average molecular weight is 157 g/mol. The maximum Gasteiger partial charge on any atom is 0.224 e. The van der Waals surface area contributed by atoms with E-state index in [9.17, 15) is 4.79 Å². The van der Waals surface area contributed by atoms with Crippen molar-refractivity contribution in [2.24, 2.45) is 11.8 Å². The lowest BCUT2D eigenvalue weighted by molar-refractivity contribution is -0.126. The van der Waals surface area contributed by atoms with Gasteiger partial charge < -0.3 is 5.32 Å². The van der Waals surface area contributed by atoms with Crippen molar-refractivity contribution in [3.8, 4) is 0 Å². The highest BCUT2D eigenvalue weighted by molar-refractivity contribution is 5.78. The van der Waals surface area contributed by atoms with Gasteiger partial charge in [0.25, 0.3) is 0 Å². The summed E-state index contributed by atoms with van der Waals surface area (Å²) in [5.74, 6) is 5.78. The smallest absolute Gasteiger partial charge is 0.224 e. The first kappa shape index (κ1) is 8.49. The summed E-state index contributed by atoms with van der Waals surface area (Å²) in [7, 11) is 1.66. The van der Waals surface area contributed by atoms with Crippen molar-refractivity contribution in [1.82, 2.24) is 10.3 Å². The van der Waals surface area contributed by atoms with Crippen molar-refractivity contribution >= 4 is 5.91 Å². The maximum atomic E-state index is 11.1. The van der Waals surface area contributed by atoms with Crippen molar-refractivity contribution in [1.29, 1.82) is 0 Å². The van der Waals surface area contributed by atoms with E-state index in [0.717, 1.165) is 19.4 Å². The van der Waals surface area contributed by atoms with E-state index in [1.54, 1.807) is 12.1 Å². The highest BCUT2D eigenvalue weighted by Crippen LogP contribution is 2.13. The van der Waals surface area contributed by atoms with Crippen molar-refractivity contribution in [3.05, 3.63) is 0 Å². The molecule has 0 aromatic rings. The van der Waals surface area contributed by atoms with Gasteiger partial charge in [-0.25, -0.2) is 5.01 Å². The molecule has 1 aliphatic rings. The molecule has 1 rings (SSSR count). The van der Waals surface area contributed by atoms with Crippen LogP contribution < -0.4 is 11.2 Å². The van der Waals surface area contributed by atoms with Crippen LogP contribution in [0.1, 0.15) is 12.8 Å². The number of hydrogen-bond donors (Lipinski definition) is 2. The van der Waals surface area contributed by atoms with Gasteiger partial charge in [0.2, 0.25) is 5.91 Å². The molecule has 1 atom stereocenters. The van der Waals surface area contributed by atoms with Gasteiger partial charge in [-0.1, -0.05) is 0 Å². The molecule has 0 radical (unpaired) electrons. The quantitative estimate of drug-likeness (QED) is 0.496. The molecule has 1 unspecified atom stereocenters. The Morgan fingerprint density at radius 1 is 1.73 bits per heavy atom. The number of hydrazine groups is 1. The molecule has 11 heavy (non-hydrogen) atoms. The SMILES string of the molecule is CNC(=O)C1CCCN(N)C1. The topological polar surface area (TPSA) is 58.4 Å².